The maximum Gasteiger partial charge on any atom is 0.251 e. The van der Waals surface area contributed by atoms with Gasteiger partial charge < -0.3 is 24.0 Å². The number of carbonyl (C=O) groups excluding carboxylic acids is 1. The Morgan fingerprint density at radius 2 is 2.04 bits per heavy atom. The maximum atomic E-state index is 12.7. The number of hydrogen-bond donors (Lipinski definition) is 0. The van der Waals surface area contributed by atoms with Crippen molar-refractivity contribution < 1.29 is 19.0 Å². The summed E-state index contributed by atoms with van der Waals surface area (Å²) in [6, 6.07) is 2.11. The molecule has 3 fully saturated rings. The second-order valence-corrected chi connectivity index (χ2v) is 6.65. The molecule has 8 nitrogen and oxygen atoms in total. The Kier molecular flexibility index (Phi) is 4.72. The van der Waals surface area contributed by atoms with E-state index in [4.69, 9.17) is 14.2 Å². The molecule has 3 aliphatic rings. The Labute approximate surface area is 147 Å². The predicted molar refractivity (Wildman–Crippen MR) is 89.6 cm³/mol. The number of rotatable bonds is 3. The van der Waals surface area contributed by atoms with Gasteiger partial charge in [-0.1, -0.05) is 0 Å². The van der Waals surface area contributed by atoms with Gasteiger partial charge in [-0.3, -0.25) is 4.79 Å². The van der Waals surface area contributed by atoms with E-state index in [0.717, 1.165) is 31.6 Å². The molecule has 0 N–H and O–H groups in total. The van der Waals surface area contributed by atoms with Gasteiger partial charge in [0.25, 0.3) is 5.91 Å². The molecule has 0 unspecified atom stereocenters. The maximum absolute atomic E-state index is 12.7. The zero-order chi connectivity index (χ0) is 17.2. The summed E-state index contributed by atoms with van der Waals surface area (Å²) in [5, 5.41) is 0. The summed E-state index contributed by atoms with van der Waals surface area (Å²) in [7, 11) is 1.60. The van der Waals surface area contributed by atoms with Crippen LogP contribution in [0.25, 0.3) is 0 Å². The van der Waals surface area contributed by atoms with E-state index in [-0.39, 0.29) is 24.2 Å². The van der Waals surface area contributed by atoms with Crippen LogP contribution in [0.1, 0.15) is 19.3 Å². The van der Waals surface area contributed by atoms with Crippen LogP contribution in [0.3, 0.4) is 0 Å². The van der Waals surface area contributed by atoms with Gasteiger partial charge in [-0.05, 0) is 19.3 Å². The molecule has 0 spiro atoms. The predicted octanol–water partition coefficient (Wildman–Crippen LogP) is 0.470. The summed E-state index contributed by atoms with van der Waals surface area (Å²) in [6.07, 6.45) is 3.86. The summed E-state index contributed by atoms with van der Waals surface area (Å²) in [5.74, 6) is 1.54. The van der Waals surface area contributed by atoms with Crippen molar-refractivity contribution in [3.05, 3.63) is 12.4 Å². The van der Waals surface area contributed by atoms with Gasteiger partial charge in [0, 0.05) is 25.7 Å². The van der Waals surface area contributed by atoms with Crippen LogP contribution in [0.5, 0.6) is 5.88 Å². The van der Waals surface area contributed by atoms with Gasteiger partial charge in [-0.2, -0.15) is 0 Å². The quantitative estimate of drug-likeness (QED) is 0.786. The SMILES string of the molecule is COc1cc(N2CC[C@H]3O[C@@H](C(=O)N4CCOCC4)CC[C@H]32)ncn1. The molecule has 0 saturated carbocycles. The van der Waals surface area contributed by atoms with Crippen LogP contribution in [0.15, 0.2) is 12.4 Å². The van der Waals surface area contributed by atoms with Crippen LogP contribution in [0.4, 0.5) is 5.82 Å². The molecule has 136 valence electrons. The Morgan fingerprint density at radius 3 is 2.84 bits per heavy atom. The average molecular weight is 348 g/mol. The molecule has 0 bridgehead atoms. The van der Waals surface area contributed by atoms with Crippen LogP contribution in [-0.2, 0) is 14.3 Å². The molecule has 0 aliphatic carbocycles. The highest BCUT2D eigenvalue weighted by Gasteiger charge is 2.43. The monoisotopic (exact) mass is 348 g/mol. The Morgan fingerprint density at radius 1 is 1.20 bits per heavy atom. The first-order valence-electron chi connectivity index (χ1n) is 8.91. The molecule has 3 aliphatic heterocycles. The molecule has 1 amide bonds. The number of fused-ring (bicyclic) bond motifs is 1. The van der Waals surface area contributed by atoms with Gasteiger partial charge in [0.05, 0.1) is 32.5 Å². The van der Waals surface area contributed by atoms with Crippen molar-refractivity contribution in [2.45, 2.75) is 37.5 Å². The summed E-state index contributed by atoms with van der Waals surface area (Å²) < 4.78 is 16.7. The Hall–Kier alpha value is -1.93. The van der Waals surface area contributed by atoms with E-state index < -0.39 is 0 Å². The molecule has 4 heterocycles. The molecule has 3 atom stereocenters. The molecule has 1 aromatic rings. The standard InChI is InChI=1S/C17H24N4O4/c1-23-16-10-15(18-11-19-16)21-5-4-13-12(21)2-3-14(25-13)17(22)20-6-8-24-9-7-20/h10-14H,2-9H2,1H3/t12-,13-,14-/m1/s1. The minimum absolute atomic E-state index is 0.0738. The lowest BCUT2D eigenvalue weighted by Gasteiger charge is -2.38. The van der Waals surface area contributed by atoms with E-state index >= 15 is 0 Å². The molecule has 8 heteroatoms. The normalized spacial score (nSPS) is 29.4. The van der Waals surface area contributed by atoms with E-state index in [1.165, 1.54) is 6.33 Å². The van der Waals surface area contributed by atoms with Crippen LogP contribution in [0.2, 0.25) is 0 Å². The van der Waals surface area contributed by atoms with Gasteiger partial charge in [0.1, 0.15) is 18.2 Å². The van der Waals surface area contributed by atoms with Crippen LogP contribution >= 0.6 is 0 Å². The van der Waals surface area contributed by atoms with Crippen molar-refractivity contribution in [2.24, 2.45) is 0 Å². The van der Waals surface area contributed by atoms with E-state index in [9.17, 15) is 4.79 Å². The van der Waals surface area contributed by atoms with Crippen LogP contribution in [-0.4, -0.2) is 79.0 Å². The van der Waals surface area contributed by atoms with Crippen molar-refractivity contribution >= 4 is 11.7 Å². The summed E-state index contributed by atoms with van der Waals surface area (Å²) >= 11 is 0. The van der Waals surface area contributed by atoms with Crippen LogP contribution < -0.4 is 9.64 Å². The molecule has 0 radical (unpaired) electrons. The van der Waals surface area contributed by atoms with Gasteiger partial charge >= 0.3 is 0 Å². The fourth-order valence-electron chi connectivity index (χ4n) is 3.98. The summed E-state index contributed by atoms with van der Waals surface area (Å²) in [4.78, 5) is 25.2. The van der Waals surface area contributed by atoms with Gasteiger partial charge in [0.2, 0.25) is 5.88 Å². The van der Waals surface area contributed by atoms with Crippen molar-refractivity contribution in [1.82, 2.24) is 14.9 Å². The van der Waals surface area contributed by atoms with Crippen molar-refractivity contribution in [3.63, 3.8) is 0 Å². The molecule has 4 rings (SSSR count). The Balaban J connectivity index is 1.41. The van der Waals surface area contributed by atoms with Crippen LogP contribution in [0, 0.1) is 0 Å². The average Bonchev–Trinajstić information content (AvgIpc) is 3.11. The molecule has 1 aromatic heterocycles. The topological polar surface area (TPSA) is 77.0 Å². The van der Waals surface area contributed by atoms with Crippen molar-refractivity contribution in [1.29, 1.82) is 0 Å². The zero-order valence-corrected chi connectivity index (χ0v) is 14.5. The fourth-order valence-corrected chi connectivity index (χ4v) is 3.98. The summed E-state index contributed by atoms with van der Waals surface area (Å²) in [5.41, 5.74) is 0. The first kappa shape index (κ1) is 16.5. The minimum Gasteiger partial charge on any atom is -0.481 e. The number of aromatic nitrogens is 2. The molecule has 0 aromatic carbocycles. The van der Waals surface area contributed by atoms with Crippen molar-refractivity contribution in [2.75, 3.05) is 44.9 Å². The van der Waals surface area contributed by atoms with E-state index in [1.54, 1.807) is 7.11 Å². The number of amides is 1. The second-order valence-electron chi connectivity index (χ2n) is 6.65. The largest absolute Gasteiger partial charge is 0.481 e. The fraction of sp³-hybridized carbons (Fsp3) is 0.706. The number of morpholine rings is 1. The highest BCUT2D eigenvalue weighted by Crippen LogP contribution is 2.35. The lowest BCUT2D eigenvalue weighted by Crippen LogP contribution is -2.51. The number of carbonyl (C=O) groups is 1. The number of hydrogen-bond acceptors (Lipinski definition) is 7. The number of anilines is 1. The third-order valence-electron chi connectivity index (χ3n) is 5.28. The lowest BCUT2D eigenvalue weighted by atomic mass is 9.98. The number of nitrogens with zero attached hydrogens (tertiary/aromatic N) is 4. The summed E-state index contributed by atoms with van der Waals surface area (Å²) in [6.45, 7) is 3.44. The minimum atomic E-state index is -0.320. The van der Waals surface area contributed by atoms with E-state index in [1.807, 2.05) is 11.0 Å². The number of ether oxygens (including phenoxy) is 3. The van der Waals surface area contributed by atoms with Gasteiger partial charge in [0.15, 0.2) is 0 Å². The molecular weight excluding hydrogens is 324 g/mol. The molecule has 25 heavy (non-hydrogen) atoms. The first-order valence-corrected chi connectivity index (χ1v) is 8.91. The molecule has 3 saturated heterocycles. The molecular formula is C17H24N4O4. The highest BCUT2D eigenvalue weighted by molar-refractivity contribution is 5.81. The first-order chi connectivity index (χ1) is 12.3. The third-order valence-corrected chi connectivity index (χ3v) is 5.28. The van der Waals surface area contributed by atoms with Gasteiger partial charge in [-0.15, -0.1) is 0 Å². The van der Waals surface area contributed by atoms with Gasteiger partial charge in [-0.25, -0.2) is 9.97 Å². The van der Waals surface area contributed by atoms with E-state index in [2.05, 4.69) is 14.9 Å². The van der Waals surface area contributed by atoms with Crippen molar-refractivity contribution in [3.8, 4) is 5.88 Å². The Bertz CT molecular complexity index is 622. The third kappa shape index (κ3) is 3.28. The highest BCUT2D eigenvalue weighted by atomic mass is 16.5. The second kappa shape index (κ2) is 7.13. The smallest absolute Gasteiger partial charge is 0.251 e. The van der Waals surface area contributed by atoms with E-state index in [0.29, 0.717) is 32.2 Å². The lowest BCUT2D eigenvalue weighted by molar-refractivity contribution is -0.156. The zero-order valence-electron chi connectivity index (χ0n) is 14.5. The number of methoxy groups -OCH3 is 1.